The monoisotopic (exact) mass is 378 g/mol. The van der Waals surface area contributed by atoms with Gasteiger partial charge in [0.25, 0.3) is 0 Å². The number of rotatable bonds is 7. The van der Waals surface area contributed by atoms with Gasteiger partial charge in [-0.3, -0.25) is 9.89 Å². The third kappa shape index (κ3) is 4.68. The van der Waals surface area contributed by atoms with Crippen molar-refractivity contribution in [2.24, 2.45) is 4.99 Å². The summed E-state index contributed by atoms with van der Waals surface area (Å²) in [7, 11) is 0. The highest BCUT2D eigenvalue weighted by Crippen LogP contribution is 2.11. The quantitative estimate of drug-likeness (QED) is 0.732. The maximum Gasteiger partial charge on any atom is 0.225 e. The van der Waals surface area contributed by atoms with Gasteiger partial charge < -0.3 is 10.2 Å². The molecule has 0 aliphatic carbocycles. The molecule has 28 heavy (non-hydrogen) atoms. The fraction of sp³-hybridized carbons (Fsp3) is 0.500. The smallest absolute Gasteiger partial charge is 0.225 e. The van der Waals surface area contributed by atoms with Crippen LogP contribution in [-0.4, -0.2) is 60.7 Å². The summed E-state index contributed by atoms with van der Waals surface area (Å²) in [5.74, 6) is 0.867. The van der Waals surface area contributed by atoms with Crippen LogP contribution in [0.3, 0.4) is 0 Å². The summed E-state index contributed by atoms with van der Waals surface area (Å²) < 4.78 is 0. The van der Waals surface area contributed by atoms with Crippen LogP contribution in [0.25, 0.3) is 5.70 Å². The number of para-hydroxylation sites is 1. The summed E-state index contributed by atoms with van der Waals surface area (Å²) in [5.41, 5.74) is 2.47. The molecule has 3 heterocycles. The molecule has 1 fully saturated rings. The third-order valence-electron chi connectivity index (χ3n) is 5.54. The van der Waals surface area contributed by atoms with Crippen molar-refractivity contribution in [1.29, 1.82) is 0 Å². The van der Waals surface area contributed by atoms with Crippen LogP contribution < -0.4 is 20.8 Å². The van der Waals surface area contributed by atoms with Crippen molar-refractivity contribution < 1.29 is 0 Å². The fourth-order valence-corrected chi connectivity index (χ4v) is 3.89. The molecule has 1 N–H and O–H groups in total. The van der Waals surface area contributed by atoms with Crippen LogP contribution in [0.2, 0.25) is 0 Å². The van der Waals surface area contributed by atoms with Crippen LogP contribution in [0.15, 0.2) is 41.7 Å². The molecule has 1 aromatic carbocycles. The molecular weight excluding hydrogens is 348 g/mol. The number of fused-ring (bicyclic) bond motifs is 1. The van der Waals surface area contributed by atoms with Gasteiger partial charge in [-0.25, -0.2) is 9.97 Å². The highest BCUT2D eigenvalue weighted by molar-refractivity contribution is 5.43. The standard InChI is InChI=1S/C22H30N6/c1-18-16-25-22(26-17-18)28-14-12-27(13-15-28)11-5-4-9-23-21-8-10-24-20-7-3-2-6-19(20)21/h2-3,6-7,16-17,23H,4-5,8-15H2,1H3. The van der Waals surface area contributed by atoms with Crippen molar-refractivity contribution in [3.8, 4) is 0 Å². The second kappa shape index (κ2) is 9.15. The largest absolute Gasteiger partial charge is 0.388 e. The number of hydrogen-bond acceptors (Lipinski definition) is 6. The Bertz CT molecular complexity index is 884. The lowest BCUT2D eigenvalue weighted by Gasteiger charge is -2.34. The molecule has 0 bridgehead atoms. The Hall–Kier alpha value is -2.47. The van der Waals surface area contributed by atoms with E-state index in [0.717, 1.165) is 62.6 Å². The van der Waals surface area contributed by atoms with Crippen LogP contribution in [0.1, 0.15) is 24.8 Å². The normalized spacial score (nSPS) is 17.2. The molecule has 1 aromatic heterocycles. The third-order valence-corrected chi connectivity index (χ3v) is 5.54. The van der Waals surface area contributed by atoms with Crippen LogP contribution in [0, 0.1) is 6.92 Å². The summed E-state index contributed by atoms with van der Waals surface area (Å²) in [5, 5.41) is 6.07. The van der Waals surface area contributed by atoms with Gasteiger partial charge in [-0.05, 0) is 37.9 Å². The maximum atomic E-state index is 4.60. The van der Waals surface area contributed by atoms with E-state index < -0.39 is 0 Å². The summed E-state index contributed by atoms with van der Waals surface area (Å²) >= 11 is 0. The molecule has 4 rings (SSSR count). The molecule has 0 radical (unpaired) electrons. The van der Waals surface area contributed by atoms with Crippen LogP contribution in [-0.2, 0) is 0 Å². The van der Waals surface area contributed by atoms with Gasteiger partial charge in [0.15, 0.2) is 0 Å². The van der Waals surface area contributed by atoms with Crippen molar-refractivity contribution in [2.45, 2.75) is 26.2 Å². The molecule has 0 unspecified atom stereocenters. The number of aryl methyl sites for hydroxylation is 1. The minimum atomic E-state index is 0.867. The first-order valence-electron chi connectivity index (χ1n) is 10.4. The first-order valence-corrected chi connectivity index (χ1v) is 10.4. The highest BCUT2D eigenvalue weighted by atomic mass is 15.3. The lowest BCUT2D eigenvalue weighted by molar-refractivity contribution is 0.252. The summed E-state index contributed by atoms with van der Waals surface area (Å²) in [6.45, 7) is 9.35. The Morgan fingerprint density at radius 3 is 2.61 bits per heavy atom. The Labute approximate surface area is 167 Å². The molecule has 1 saturated heterocycles. The summed E-state index contributed by atoms with van der Waals surface area (Å²) in [6, 6.07) is 8.45. The van der Waals surface area contributed by atoms with Gasteiger partial charge >= 0.3 is 0 Å². The molecule has 0 spiro atoms. The molecule has 0 atom stereocenters. The van der Waals surface area contributed by atoms with Crippen LogP contribution in [0.4, 0.5) is 5.95 Å². The van der Waals surface area contributed by atoms with E-state index in [9.17, 15) is 0 Å². The predicted molar refractivity (Wildman–Crippen MR) is 113 cm³/mol. The van der Waals surface area contributed by atoms with Crippen molar-refractivity contribution >= 4 is 11.6 Å². The van der Waals surface area contributed by atoms with Crippen LogP contribution in [0.5, 0.6) is 0 Å². The average Bonchev–Trinajstić information content (AvgIpc) is 2.75. The minimum Gasteiger partial charge on any atom is -0.388 e. The molecule has 0 saturated carbocycles. The number of hydrogen-bond donors (Lipinski definition) is 1. The number of nitrogens with one attached hydrogen (secondary N) is 1. The van der Waals surface area contributed by atoms with E-state index in [0.29, 0.717) is 0 Å². The first-order chi connectivity index (χ1) is 13.8. The van der Waals surface area contributed by atoms with Gasteiger partial charge in [0, 0.05) is 69.0 Å². The zero-order chi connectivity index (χ0) is 19.2. The number of piperazine rings is 1. The predicted octanol–water partition coefficient (Wildman–Crippen LogP) is 1.11. The molecule has 2 aliphatic heterocycles. The van der Waals surface area contributed by atoms with Gasteiger partial charge in [-0.1, -0.05) is 18.2 Å². The van der Waals surface area contributed by atoms with E-state index >= 15 is 0 Å². The molecule has 2 aromatic rings. The number of benzene rings is 1. The first kappa shape index (κ1) is 18.9. The van der Waals surface area contributed by atoms with E-state index in [1.807, 2.05) is 19.3 Å². The van der Waals surface area contributed by atoms with Gasteiger partial charge in [-0.2, -0.15) is 0 Å². The SMILES string of the molecule is Cc1cnc(N2CCN(CCCCNC3=c4ccccc4=NCC3)CC2)nc1. The van der Waals surface area contributed by atoms with Crippen LogP contribution >= 0.6 is 0 Å². The van der Waals surface area contributed by atoms with Gasteiger partial charge in [0.1, 0.15) is 0 Å². The lowest BCUT2D eigenvalue weighted by Crippen LogP contribution is -2.47. The number of anilines is 1. The molecule has 6 nitrogen and oxygen atoms in total. The fourth-order valence-electron chi connectivity index (χ4n) is 3.89. The van der Waals surface area contributed by atoms with Crippen molar-refractivity contribution in [3.63, 3.8) is 0 Å². The van der Waals surface area contributed by atoms with Crippen molar-refractivity contribution in [1.82, 2.24) is 20.2 Å². The van der Waals surface area contributed by atoms with Crippen molar-refractivity contribution in [2.75, 3.05) is 50.7 Å². The lowest BCUT2D eigenvalue weighted by atomic mass is 10.1. The number of aromatic nitrogens is 2. The second-order valence-electron chi connectivity index (χ2n) is 7.65. The molecule has 148 valence electrons. The van der Waals surface area contributed by atoms with Gasteiger partial charge in [-0.15, -0.1) is 0 Å². The Morgan fingerprint density at radius 2 is 1.79 bits per heavy atom. The van der Waals surface area contributed by atoms with Gasteiger partial charge in [0.05, 0.1) is 5.36 Å². The van der Waals surface area contributed by atoms with E-state index in [2.05, 4.69) is 54.3 Å². The zero-order valence-electron chi connectivity index (χ0n) is 16.8. The Kier molecular flexibility index (Phi) is 6.17. The zero-order valence-corrected chi connectivity index (χ0v) is 16.8. The van der Waals surface area contributed by atoms with E-state index in [4.69, 9.17) is 0 Å². The molecule has 2 aliphatic rings. The Balaban J connectivity index is 1.17. The van der Waals surface area contributed by atoms with E-state index in [1.54, 1.807) is 0 Å². The summed E-state index contributed by atoms with van der Waals surface area (Å²) in [6.07, 6.45) is 7.26. The summed E-state index contributed by atoms with van der Waals surface area (Å²) in [4.78, 5) is 18.4. The number of unbranched alkanes of at least 4 members (excludes halogenated alkanes) is 1. The molecular formula is C22H30N6. The minimum absolute atomic E-state index is 0.867. The van der Waals surface area contributed by atoms with Crippen molar-refractivity contribution in [3.05, 3.63) is 52.8 Å². The number of nitrogens with zero attached hydrogens (tertiary/aromatic N) is 5. The Morgan fingerprint density at radius 1 is 1.00 bits per heavy atom. The maximum absolute atomic E-state index is 4.60. The second-order valence-corrected chi connectivity index (χ2v) is 7.65. The average molecular weight is 379 g/mol. The highest BCUT2D eigenvalue weighted by Gasteiger charge is 2.18. The molecule has 0 amide bonds. The molecule has 6 heteroatoms. The van der Waals surface area contributed by atoms with E-state index in [-0.39, 0.29) is 0 Å². The topological polar surface area (TPSA) is 56.7 Å². The van der Waals surface area contributed by atoms with E-state index in [1.165, 1.54) is 30.3 Å². The van der Waals surface area contributed by atoms with Gasteiger partial charge in [0.2, 0.25) is 5.95 Å².